The molecule has 4 N–H and O–H groups in total. The highest BCUT2D eigenvalue weighted by Crippen LogP contribution is 2.46. The number of aromatic nitrogens is 2. The van der Waals surface area contributed by atoms with Crippen LogP contribution in [-0.2, 0) is 4.79 Å². The summed E-state index contributed by atoms with van der Waals surface area (Å²) < 4.78 is 49.1. The molecule has 2 aliphatic heterocycles. The van der Waals surface area contributed by atoms with Gasteiger partial charge in [-0.3, -0.25) is 4.79 Å². The third-order valence-corrected chi connectivity index (χ3v) is 8.69. The molecule has 1 spiro atoms. The molecule has 5 rings (SSSR count). The number of carbonyl (C=O) groups is 1. The number of hydrogen-bond acceptors (Lipinski definition) is 7. The van der Waals surface area contributed by atoms with E-state index in [1.807, 2.05) is 11.8 Å². The van der Waals surface area contributed by atoms with Gasteiger partial charge in [-0.25, -0.2) is 0 Å². The maximum Gasteiger partial charge on any atom is 0.429 e. The van der Waals surface area contributed by atoms with E-state index >= 15 is 0 Å². The smallest absolute Gasteiger partial charge is 0.429 e. The Bertz CT molecular complexity index is 1470. The zero-order chi connectivity index (χ0) is 30.2. The second kappa shape index (κ2) is 11.8. The van der Waals surface area contributed by atoms with Gasteiger partial charge >= 0.3 is 12.1 Å². The molecule has 0 bridgehead atoms. The number of halogens is 5. The molecule has 1 aromatic heterocycles. The van der Waals surface area contributed by atoms with Crippen molar-refractivity contribution in [2.75, 3.05) is 23.7 Å². The SMILES string of the molecule is CCC1NC(C(=O)O)CC12CCN(c1cc(O[C@H](c3ccc(Cl)cc3-c3cccc(Cl)c3)C(F)(F)F)nc(N)n1)CC2. The first kappa shape index (κ1) is 30.2. The number of nitrogen functional groups attached to an aromatic ring is 1. The maximum atomic E-state index is 14.5. The Morgan fingerprint density at radius 1 is 1.17 bits per heavy atom. The Morgan fingerprint density at radius 3 is 2.52 bits per heavy atom. The number of nitrogens with two attached hydrogens (primary N) is 1. The number of piperidine rings is 1. The number of benzene rings is 2. The number of ether oxygens (including phenoxy) is 1. The Kier molecular flexibility index (Phi) is 8.46. The van der Waals surface area contributed by atoms with Crippen molar-refractivity contribution in [3.8, 4) is 17.0 Å². The van der Waals surface area contributed by atoms with Gasteiger partial charge in [0.05, 0.1) is 0 Å². The van der Waals surface area contributed by atoms with Gasteiger partial charge in [0.2, 0.25) is 17.9 Å². The van der Waals surface area contributed by atoms with Gasteiger partial charge in [0.1, 0.15) is 11.9 Å². The summed E-state index contributed by atoms with van der Waals surface area (Å²) in [5, 5.41) is 13.4. The molecule has 13 heteroatoms. The summed E-state index contributed by atoms with van der Waals surface area (Å²) in [5.41, 5.74) is 6.25. The van der Waals surface area contributed by atoms with Crippen LogP contribution in [0, 0.1) is 5.41 Å². The molecule has 0 radical (unpaired) electrons. The van der Waals surface area contributed by atoms with Crippen molar-refractivity contribution in [1.29, 1.82) is 0 Å². The van der Waals surface area contributed by atoms with Crippen LogP contribution < -0.4 is 20.7 Å². The molecule has 3 aromatic rings. The summed E-state index contributed by atoms with van der Waals surface area (Å²) in [6.45, 7) is 3.08. The van der Waals surface area contributed by atoms with E-state index in [4.69, 9.17) is 33.7 Å². The molecule has 2 aliphatic rings. The second-order valence-electron chi connectivity index (χ2n) is 10.8. The topological polar surface area (TPSA) is 114 Å². The molecule has 224 valence electrons. The average molecular weight is 624 g/mol. The van der Waals surface area contributed by atoms with E-state index in [0.29, 0.717) is 48.8 Å². The molecule has 0 saturated carbocycles. The Balaban J connectivity index is 1.42. The Hall–Kier alpha value is -3.28. The third-order valence-electron chi connectivity index (χ3n) is 8.22. The normalized spacial score (nSPS) is 21.0. The maximum absolute atomic E-state index is 14.5. The molecular weight excluding hydrogens is 594 g/mol. The number of nitrogens with one attached hydrogen (secondary N) is 1. The van der Waals surface area contributed by atoms with Gasteiger partial charge in [-0.2, -0.15) is 23.1 Å². The molecule has 2 aromatic carbocycles. The fourth-order valence-corrected chi connectivity index (χ4v) is 6.58. The van der Waals surface area contributed by atoms with Crippen LogP contribution in [-0.4, -0.2) is 52.4 Å². The highest BCUT2D eigenvalue weighted by atomic mass is 35.5. The summed E-state index contributed by atoms with van der Waals surface area (Å²) in [6.07, 6.45) is -4.49. The van der Waals surface area contributed by atoms with Gasteiger partial charge in [0.25, 0.3) is 0 Å². The van der Waals surface area contributed by atoms with Crippen molar-refractivity contribution in [2.24, 2.45) is 5.41 Å². The quantitative estimate of drug-likeness (QED) is 0.272. The largest absolute Gasteiger partial charge is 0.480 e. The molecule has 2 saturated heterocycles. The van der Waals surface area contributed by atoms with E-state index in [-0.39, 0.29) is 39.4 Å². The van der Waals surface area contributed by atoms with Crippen molar-refractivity contribution in [2.45, 2.75) is 57.0 Å². The number of rotatable bonds is 7. The van der Waals surface area contributed by atoms with Crippen LogP contribution >= 0.6 is 23.2 Å². The molecule has 42 heavy (non-hydrogen) atoms. The molecule has 2 fully saturated rings. The van der Waals surface area contributed by atoms with Crippen LogP contribution in [0.3, 0.4) is 0 Å². The minimum atomic E-state index is -4.82. The molecule has 3 atom stereocenters. The summed E-state index contributed by atoms with van der Waals surface area (Å²) >= 11 is 12.3. The van der Waals surface area contributed by atoms with Gasteiger partial charge in [0.15, 0.2) is 0 Å². The Morgan fingerprint density at radius 2 is 1.88 bits per heavy atom. The molecule has 0 aliphatic carbocycles. The first-order valence-electron chi connectivity index (χ1n) is 13.6. The summed E-state index contributed by atoms with van der Waals surface area (Å²) in [4.78, 5) is 21.8. The van der Waals surface area contributed by atoms with Crippen molar-refractivity contribution in [3.05, 3.63) is 64.1 Å². The fraction of sp³-hybridized carbons (Fsp3) is 0.414. The number of carboxylic acids is 1. The predicted octanol–water partition coefficient (Wildman–Crippen LogP) is 6.53. The van der Waals surface area contributed by atoms with E-state index < -0.39 is 24.3 Å². The first-order valence-corrected chi connectivity index (χ1v) is 14.3. The molecule has 2 unspecified atom stereocenters. The van der Waals surface area contributed by atoms with Crippen LogP contribution in [0.4, 0.5) is 24.9 Å². The van der Waals surface area contributed by atoms with E-state index in [1.165, 1.54) is 24.3 Å². The van der Waals surface area contributed by atoms with Crippen molar-refractivity contribution < 1.29 is 27.8 Å². The van der Waals surface area contributed by atoms with E-state index in [2.05, 4.69) is 15.3 Å². The van der Waals surface area contributed by atoms with Crippen molar-refractivity contribution >= 4 is 40.9 Å². The number of nitrogens with zero attached hydrogens (tertiary/aromatic N) is 3. The number of carboxylic acid groups (broad SMARTS) is 1. The van der Waals surface area contributed by atoms with Gasteiger partial charge in [0, 0.05) is 40.8 Å². The molecule has 3 heterocycles. The van der Waals surface area contributed by atoms with Crippen LogP contribution in [0.2, 0.25) is 10.0 Å². The summed E-state index contributed by atoms with van der Waals surface area (Å²) in [5.74, 6) is -1.08. The molecule has 8 nitrogen and oxygen atoms in total. The lowest BCUT2D eigenvalue weighted by molar-refractivity contribution is -0.198. The van der Waals surface area contributed by atoms with Gasteiger partial charge in [-0.15, -0.1) is 0 Å². The van der Waals surface area contributed by atoms with Gasteiger partial charge < -0.3 is 25.8 Å². The Labute approximate surface area is 251 Å². The highest BCUT2D eigenvalue weighted by molar-refractivity contribution is 6.31. The van der Waals surface area contributed by atoms with Crippen LogP contribution in [0.5, 0.6) is 5.88 Å². The standard InChI is InChI=1S/C29H30Cl2F3N5O3/c1-2-22-28(15-21(36-22)26(40)41)8-10-39(11-9-28)23-14-24(38-27(35)37-23)42-25(29(32,33)34)19-7-6-18(31)13-20(19)16-4-3-5-17(30)12-16/h3-7,12-14,21-22,25,36H,2,8-11,15H2,1H3,(H,40,41)(H2,35,37,38)/t21?,22?,25-/m1/s1. The van der Waals surface area contributed by atoms with Gasteiger partial charge in [-0.05, 0) is 66.5 Å². The number of hydrogen-bond donors (Lipinski definition) is 3. The zero-order valence-corrected chi connectivity index (χ0v) is 24.2. The van der Waals surface area contributed by atoms with E-state index in [1.54, 1.807) is 24.3 Å². The highest BCUT2D eigenvalue weighted by Gasteiger charge is 2.50. The lowest BCUT2D eigenvalue weighted by Gasteiger charge is -2.43. The summed E-state index contributed by atoms with van der Waals surface area (Å²) in [6, 6.07) is 11.3. The minimum Gasteiger partial charge on any atom is -0.480 e. The van der Waals surface area contributed by atoms with Crippen molar-refractivity contribution in [3.63, 3.8) is 0 Å². The lowest BCUT2D eigenvalue weighted by Crippen LogP contribution is -2.46. The third kappa shape index (κ3) is 6.23. The molecular formula is C29H30Cl2F3N5O3. The fourth-order valence-electron chi connectivity index (χ4n) is 6.21. The first-order chi connectivity index (χ1) is 19.9. The van der Waals surface area contributed by atoms with Gasteiger partial charge in [-0.1, -0.05) is 48.3 Å². The number of alkyl halides is 3. The minimum absolute atomic E-state index is 0.0655. The van der Waals surface area contributed by atoms with E-state index in [9.17, 15) is 23.1 Å². The van der Waals surface area contributed by atoms with Crippen molar-refractivity contribution in [1.82, 2.24) is 15.3 Å². The predicted molar refractivity (Wildman–Crippen MR) is 155 cm³/mol. The van der Waals surface area contributed by atoms with Crippen LogP contribution in [0.15, 0.2) is 48.5 Å². The van der Waals surface area contributed by atoms with Crippen LogP contribution in [0.1, 0.15) is 44.3 Å². The lowest BCUT2D eigenvalue weighted by atomic mass is 9.71. The number of anilines is 2. The van der Waals surface area contributed by atoms with Crippen LogP contribution in [0.25, 0.3) is 11.1 Å². The second-order valence-corrected chi connectivity index (χ2v) is 11.6. The monoisotopic (exact) mass is 623 g/mol. The van der Waals surface area contributed by atoms with E-state index in [0.717, 1.165) is 6.42 Å². The molecule has 0 amide bonds. The number of aliphatic carboxylic acids is 1. The average Bonchev–Trinajstić information content (AvgIpc) is 3.29. The summed E-state index contributed by atoms with van der Waals surface area (Å²) in [7, 11) is 0. The zero-order valence-electron chi connectivity index (χ0n) is 22.7.